The van der Waals surface area contributed by atoms with Crippen molar-refractivity contribution in [2.24, 2.45) is 0 Å². The molecule has 0 amide bonds. The van der Waals surface area contributed by atoms with E-state index >= 15 is 0 Å². The van der Waals surface area contributed by atoms with Gasteiger partial charge in [-0.1, -0.05) is 42.5 Å². The average Bonchev–Trinajstić information content (AvgIpc) is 2.67. The highest BCUT2D eigenvalue weighted by molar-refractivity contribution is 7.90. The van der Waals surface area contributed by atoms with E-state index in [0.717, 1.165) is 11.8 Å². The smallest absolute Gasteiger partial charge is 0.338 e. The van der Waals surface area contributed by atoms with Crippen LogP contribution in [-0.2, 0) is 19.4 Å². The zero-order valence-corrected chi connectivity index (χ0v) is 17.1. The van der Waals surface area contributed by atoms with E-state index in [1.807, 2.05) is 30.3 Å². The number of nitrogens with one attached hydrogen (secondary N) is 2. The van der Waals surface area contributed by atoms with E-state index in [4.69, 9.17) is 17.0 Å². The van der Waals surface area contributed by atoms with Crippen LogP contribution in [0.5, 0.6) is 0 Å². The molecule has 0 aromatic heterocycles. The number of hydrogen-bond acceptors (Lipinski definition) is 5. The Hall–Kier alpha value is -2.71. The number of carbonyl (C=O) groups excluding carboxylic acids is 1. The number of sulfone groups is 1. The van der Waals surface area contributed by atoms with E-state index in [0.29, 0.717) is 21.9 Å². The number of thiocarbonyl (C=S) groups is 1. The Morgan fingerprint density at radius 2 is 1.75 bits per heavy atom. The van der Waals surface area contributed by atoms with Gasteiger partial charge in [0.25, 0.3) is 0 Å². The summed E-state index contributed by atoms with van der Waals surface area (Å²) >= 11 is 5.34. The number of carbonyl (C=O) groups is 1. The molecule has 0 bridgehead atoms. The van der Waals surface area contributed by atoms with Crippen molar-refractivity contribution in [2.45, 2.75) is 17.9 Å². The van der Waals surface area contributed by atoms with Crippen molar-refractivity contribution in [1.82, 2.24) is 10.6 Å². The molecule has 2 aromatic carbocycles. The summed E-state index contributed by atoms with van der Waals surface area (Å²) in [5.41, 5.74) is 2.45. The van der Waals surface area contributed by atoms with Crippen LogP contribution in [0.15, 0.2) is 65.1 Å². The van der Waals surface area contributed by atoms with Crippen molar-refractivity contribution in [3.63, 3.8) is 0 Å². The number of hydrogen-bond donors (Lipinski definition) is 2. The molecule has 0 aliphatic carbocycles. The third-order valence-corrected chi connectivity index (χ3v) is 5.62. The molecule has 0 radical (unpaired) electrons. The molecule has 1 unspecified atom stereocenters. The third kappa shape index (κ3) is 4.23. The lowest BCUT2D eigenvalue weighted by Gasteiger charge is -2.31. The van der Waals surface area contributed by atoms with Crippen molar-refractivity contribution in [3.05, 3.63) is 71.3 Å². The average molecular weight is 417 g/mol. The van der Waals surface area contributed by atoms with E-state index in [-0.39, 0.29) is 11.5 Å². The van der Waals surface area contributed by atoms with Gasteiger partial charge >= 0.3 is 5.97 Å². The molecule has 1 aliphatic rings. The number of esters is 1. The Morgan fingerprint density at radius 3 is 2.32 bits per heavy atom. The second kappa shape index (κ2) is 8.12. The van der Waals surface area contributed by atoms with Gasteiger partial charge in [0.05, 0.1) is 28.8 Å². The van der Waals surface area contributed by atoms with Crippen molar-refractivity contribution >= 4 is 38.8 Å². The minimum atomic E-state index is -3.32. The summed E-state index contributed by atoms with van der Waals surface area (Å²) in [7, 11) is -3.32. The van der Waals surface area contributed by atoms with Crippen LogP contribution in [0.2, 0.25) is 0 Å². The van der Waals surface area contributed by atoms with Gasteiger partial charge in [0.2, 0.25) is 0 Å². The van der Waals surface area contributed by atoms with Crippen LogP contribution < -0.4 is 10.6 Å². The lowest BCUT2D eigenvalue weighted by atomic mass is 9.93. The molecule has 1 aliphatic heterocycles. The molecule has 2 aromatic rings. The summed E-state index contributed by atoms with van der Waals surface area (Å²) in [5.74, 6) is -0.471. The first kappa shape index (κ1) is 20.0. The second-order valence-corrected chi connectivity index (χ2v) is 8.67. The molecule has 146 valence electrons. The van der Waals surface area contributed by atoms with Crippen LogP contribution in [0.25, 0.3) is 5.70 Å². The summed E-state index contributed by atoms with van der Waals surface area (Å²) < 4.78 is 28.8. The third-order valence-electron chi connectivity index (χ3n) is 4.27. The van der Waals surface area contributed by atoms with Crippen molar-refractivity contribution in [1.29, 1.82) is 0 Å². The Morgan fingerprint density at radius 1 is 1.11 bits per heavy atom. The number of rotatable bonds is 5. The van der Waals surface area contributed by atoms with Crippen LogP contribution in [0.4, 0.5) is 0 Å². The van der Waals surface area contributed by atoms with E-state index < -0.39 is 21.8 Å². The quantitative estimate of drug-likeness (QED) is 0.572. The van der Waals surface area contributed by atoms with E-state index in [2.05, 4.69) is 10.6 Å². The van der Waals surface area contributed by atoms with E-state index in [1.165, 1.54) is 12.1 Å². The molecule has 0 saturated heterocycles. The highest BCUT2D eigenvalue weighted by atomic mass is 32.2. The maximum absolute atomic E-state index is 12.8. The molecule has 2 N–H and O–H groups in total. The Labute approximate surface area is 169 Å². The highest BCUT2D eigenvalue weighted by Gasteiger charge is 2.33. The minimum Gasteiger partial charge on any atom is -0.463 e. The van der Waals surface area contributed by atoms with E-state index in [1.54, 1.807) is 19.1 Å². The zero-order valence-electron chi connectivity index (χ0n) is 15.4. The number of benzene rings is 2. The van der Waals surface area contributed by atoms with Gasteiger partial charge in [-0.25, -0.2) is 13.2 Å². The molecule has 0 spiro atoms. The predicted octanol–water partition coefficient (Wildman–Crippen LogP) is 2.58. The molecule has 0 saturated carbocycles. The summed E-state index contributed by atoms with van der Waals surface area (Å²) in [6.45, 7) is 1.97. The van der Waals surface area contributed by atoms with Gasteiger partial charge in [-0.05, 0) is 42.4 Å². The van der Waals surface area contributed by atoms with Crippen molar-refractivity contribution in [2.75, 3.05) is 12.9 Å². The summed E-state index contributed by atoms with van der Waals surface area (Å²) in [6.07, 6.45) is 1.15. The Balaban J connectivity index is 2.14. The van der Waals surface area contributed by atoms with Gasteiger partial charge in [-0.15, -0.1) is 0 Å². The van der Waals surface area contributed by atoms with Crippen LogP contribution in [0.3, 0.4) is 0 Å². The molecular formula is C20H20N2O4S2. The topological polar surface area (TPSA) is 84.5 Å². The zero-order chi connectivity index (χ0) is 20.3. The molecule has 28 heavy (non-hydrogen) atoms. The van der Waals surface area contributed by atoms with Crippen LogP contribution >= 0.6 is 12.2 Å². The van der Waals surface area contributed by atoms with Gasteiger partial charge < -0.3 is 15.4 Å². The summed E-state index contributed by atoms with van der Waals surface area (Å²) in [5, 5.41) is 6.52. The molecule has 1 atom stereocenters. The Bertz CT molecular complexity index is 1030. The fourth-order valence-electron chi connectivity index (χ4n) is 2.98. The second-order valence-electron chi connectivity index (χ2n) is 6.25. The fourth-order valence-corrected chi connectivity index (χ4v) is 3.83. The highest BCUT2D eigenvalue weighted by Crippen LogP contribution is 2.32. The first-order chi connectivity index (χ1) is 13.3. The SMILES string of the molecule is CCOC(=O)C1=C(c2ccccc2)NC(=S)NC1c1ccc(S(C)(=O)=O)cc1. The maximum atomic E-state index is 12.8. The molecule has 0 fully saturated rings. The lowest BCUT2D eigenvalue weighted by molar-refractivity contribution is -0.138. The monoisotopic (exact) mass is 416 g/mol. The molecule has 6 nitrogen and oxygen atoms in total. The maximum Gasteiger partial charge on any atom is 0.338 e. The van der Waals surface area contributed by atoms with Gasteiger partial charge in [0.1, 0.15) is 0 Å². The summed E-state index contributed by atoms with van der Waals surface area (Å²) in [6, 6.07) is 15.2. The minimum absolute atomic E-state index is 0.206. The van der Waals surface area contributed by atoms with Gasteiger partial charge in [0, 0.05) is 6.26 Å². The fraction of sp³-hybridized carbons (Fsp3) is 0.200. The van der Waals surface area contributed by atoms with Crippen molar-refractivity contribution < 1.29 is 17.9 Å². The normalized spacial score (nSPS) is 16.9. The first-order valence-corrected chi connectivity index (χ1v) is 11.0. The summed E-state index contributed by atoms with van der Waals surface area (Å²) in [4.78, 5) is 13.0. The molecular weight excluding hydrogens is 396 g/mol. The largest absolute Gasteiger partial charge is 0.463 e. The molecule has 8 heteroatoms. The molecule has 1 heterocycles. The number of ether oxygens (including phenoxy) is 1. The van der Waals surface area contributed by atoms with Crippen LogP contribution in [0, 0.1) is 0 Å². The first-order valence-electron chi connectivity index (χ1n) is 8.65. The van der Waals surface area contributed by atoms with Crippen LogP contribution in [-0.4, -0.2) is 32.4 Å². The Kier molecular flexibility index (Phi) is 5.81. The van der Waals surface area contributed by atoms with Crippen LogP contribution in [0.1, 0.15) is 24.1 Å². The van der Waals surface area contributed by atoms with Gasteiger partial charge in [-0.2, -0.15) is 0 Å². The predicted molar refractivity (Wildman–Crippen MR) is 111 cm³/mol. The standard InChI is InChI=1S/C20H20N2O4S2/c1-3-26-19(23)16-17(13-7-5-4-6-8-13)21-20(27)22-18(16)14-9-11-15(12-10-14)28(2,24)25/h4-12,18H,3H2,1-2H3,(H2,21,22,27). The molecule has 3 rings (SSSR count). The van der Waals surface area contributed by atoms with Gasteiger partial charge in [-0.3, -0.25) is 0 Å². The van der Waals surface area contributed by atoms with E-state index in [9.17, 15) is 13.2 Å². The lowest BCUT2D eigenvalue weighted by Crippen LogP contribution is -2.45. The van der Waals surface area contributed by atoms with Crippen molar-refractivity contribution in [3.8, 4) is 0 Å². The van der Waals surface area contributed by atoms with Gasteiger partial charge in [0.15, 0.2) is 14.9 Å².